The van der Waals surface area contributed by atoms with E-state index >= 15 is 0 Å². The molecule has 0 spiro atoms. The lowest BCUT2D eigenvalue weighted by Crippen LogP contribution is -2.22. The van der Waals surface area contributed by atoms with Crippen LogP contribution in [-0.2, 0) is 11.2 Å². The Morgan fingerprint density at radius 2 is 2.14 bits per heavy atom. The molecule has 0 radical (unpaired) electrons. The topological polar surface area (TPSA) is 66.9 Å². The Labute approximate surface area is 132 Å². The van der Waals surface area contributed by atoms with Gasteiger partial charge in [0.25, 0.3) is 0 Å². The largest absolute Gasteiger partial charge is 0.356 e. The fourth-order valence-corrected chi connectivity index (χ4v) is 3.44. The number of para-hydroxylation sites is 1. The number of anilines is 2. The second-order valence-electron chi connectivity index (χ2n) is 4.34. The van der Waals surface area contributed by atoms with Gasteiger partial charge in [-0.3, -0.25) is 4.79 Å². The van der Waals surface area contributed by atoms with Gasteiger partial charge in [-0.25, -0.2) is 0 Å². The van der Waals surface area contributed by atoms with Gasteiger partial charge in [0.1, 0.15) is 0 Å². The molecule has 2 aromatic rings. The first-order valence-corrected chi connectivity index (χ1v) is 8.55. The maximum atomic E-state index is 10.8. The first kappa shape index (κ1) is 15.8. The molecule has 0 aliphatic rings. The molecule has 5 nitrogen and oxygen atoms in total. The molecule has 7 heteroatoms. The predicted molar refractivity (Wildman–Crippen MR) is 88.4 cm³/mol. The zero-order chi connectivity index (χ0) is 15.1. The molecule has 112 valence electrons. The molecule has 0 saturated carbocycles. The summed E-state index contributed by atoms with van der Waals surface area (Å²) in [4.78, 5) is 10.8. The van der Waals surface area contributed by atoms with Crippen molar-refractivity contribution in [2.75, 3.05) is 17.6 Å². The van der Waals surface area contributed by atoms with Gasteiger partial charge >= 0.3 is 0 Å². The minimum Gasteiger partial charge on any atom is -0.356 e. The van der Waals surface area contributed by atoms with Crippen LogP contribution in [0.25, 0.3) is 0 Å². The lowest BCUT2D eigenvalue weighted by Gasteiger charge is -2.06. The van der Waals surface area contributed by atoms with E-state index in [0.717, 1.165) is 27.3 Å². The molecule has 0 fully saturated rings. The van der Waals surface area contributed by atoms with Crippen LogP contribution in [0, 0.1) is 0 Å². The average Bonchev–Trinajstić information content (AvgIpc) is 2.91. The van der Waals surface area contributed by atoms with Crippen molar-refractivity contribution in [3.8, 4) is 0 Å². The van der Waals surface area contributed by atoms with Crippen LogP contribution in [0.2, 0.25) is 0 Å². The van der Waals surface area contributed by atoms with E-state index in [0.29, 0.717) is 6.54 Å². The number of rotatable bonds is 7. The number of hydrogen-bond acceptors (Lipinski definition) is 6. The van der Waals surface area contributed by atoms with Crippen molar-refractivity contribution in [3.05, 3.63) is 29.8 Å². The molecule has 1 heterocycles. The van der Waals surface area contributed by atoms with Crippen molar-refractivity contribution < 1.29 is 4.79 Å². The van der Waals surface area contributed by atoms with Crippen LogP contribution in [0.15, 0.2) is 28.6 Å². The van der Waals surface area contributed by atoms with Gasteiger partial charge in [-0.05, 0) is 18.1 Å². The van der Waals surface area contributed by atoms with Crippen molar-refractivity contribution in [2.45, 2.75) is 24.6 Å². The maximum Gasteiger partial charge on any atom is 0.216 e. The normalized spacial score (nSPS) is 10.4. The van der Waals surface area contributed by atoms with Gasteiger partial charge in [-0.1, -0.05) is 48.2 Å². The summed E-state index contributed by atoms with van der Waals surface area (Å²) < 4.78 is 0.900. The van der Waals surface area contributed by atoms with E-state index in [9.17, 15) is 4.79 Å². The second-order valence-corrected chi connectivity index (χ2v) is 6.66. The lowest BCUT2D eigenvalue weighted by molar-refractivity contribution is -0.118. The van der Waals surface area contributed by atoms with Crippen LogP contribution >= 0.6 is 23.1 Å². The van der Waals surface area contributed by atoms with Gasteiger partial charge in [0.2, 0.25) is 11.0 Å². The van der Waals surface area contributed by atoms with E-state index in [1.54, 1.807) is 11.8 Å². The Bertz CT molecular complexity index is 600. The molecule has 2 N–H and O–H groups in total. The molecule has 1 amide bonds. The summed E-state index contributed by atoms with van der Waals surface area (Å²) in [7, 11) is 0. The SMILES string of the molecule is CCc1ccccc1Nc1nnc(SCCNC(C)=O)s1. The fraction of sp³-hybridized carbons (Fsp3) is 0.357. The quantitative estimate of drug-likeness (QED) is 0.606. The first-order valence-electron chi connectivity index (χ1n) is 6.74. The maximum absolute atomic E-state index is 10.8. The number of aromatic nitrogens is 2. The number of hydrogen-bond donors (Lipinski definition) is 2. The number of carbonyl (C=O) groups is 1. The van der Waals surface area contributed by atoms with Crippen molar-refractivity contribution in [1.82, 2.24) is 15.5 Å². The minimum atomic E-state index is -0.00797. The molecule has 0 atom stereocenters. The van der Waals surface area contributed by atoms with Gasteiger partial charge in [-0.15, -0.1) is 10.2 Å². The van der Waals surface area contributed by atoms with E-state index < -0.39 is 0 Å². The standard InChI is InChI=1S/C14H18N4OS2/c1-3-11-6-4-5-7-12(11)16-13-17-18-14(21-13)20-9-8-15-10(2)19/h4-7H,3,8-9H2,1-2H3,(H,15,19)(H,16,17). The lowest BCUT2D eigenvalue weighted by atomic mass is 10.1. The smallest absolute Gasteiger partial charge is 0.216 e. The molecule has 0 bridgehead atoms. The highest BCUT2D eigenvalue weighted by Crippen LogP contribution is 2.28. The molecular weight excluding hydrogens is 304 g/mol. The molecule has 2 rings (SSSR count). The second kappa shape index (κ2) is 7.99. The summed E-state index contributed by atoms with van der Waals surface area (Å²) >= 11 is 3.12. The first-order chi connectivity index (χ1) is 10.2. The number of nitrogens with zero attached hydrogens (tertiary/aromatic N) is 2. The van der Waals surface area contributed by atoms with Crippen molar-refractivity contribution >= 4 is 39.8 Å². The van der Waals surface area contributed by atoms with E-state index in [4.69, 9.17) is 0 Å². The van der Waals surface area contributed by atoms with Crippen LogP contribution in [-0.4, -0.2) is 28.4 Å². The average molecular weight is 322 g/mol. The molecule has 0 aliphatic heterocycles. The summed E-state index contributed by atoms with van der Waals surface area (Å²) in [5.74, 6) is 0.783. The van der Waals surface area contributed by atoms with E-state index in [2.05, 4.69) is 33.8 Å². The van der Waals surface area contributed by atoms with Gasteiger partial charge in [0.05, 0.1) is 0 Å². The van der Waals surface area contributed by atoms with Crippen molar-refractivity contribution in [3.63, 3.8) is 0 Å². The van der Waals surface area contributed by atoms with Gasteiger partial charge in [0, 0.05) is 24.9 Å². The van der Waals surface area contributed by atoms with Crippen LogP contribution in [0.5, 0.6) is 0 Å². The van der Waals surface area contributed by atoms with E-state index in [1.165, 1.54) is 23.8 Å². The molecule has 0 aliphatic carbocycles. The molecule has 0 unspecified atom stereocenters. The summed E-state index contributed by atoms with van der Waals surface area (Å²) in [5, 5.41) is 15.2. The van der Waals surface area contributed by atoms with E-state index in [-0.39, 0.29) is 5.91 Å². The third kappa shape index (κ3) is 5.02. The molecular formula is C14H18N4OS2. The van der Waals surface area contributed by atoms with E-state index in [1.807, 2.05) is 18.2 Å². The Morgan fingerprint density at radius 3 is 2.90 bits per heavy atom. The molecule has 21 heavy (non-hydrogen) atoms. The monoisotopic (exact) mass is 322 g/mol. The fourth-order valence-electron chi connectivity index (χ4n) is 1.75. The third-order valence-electron chi connectivity index (χ3n) is 2.75. The zero-order valence-corrected chi connectivity index (χ0v) is 13.7. The van der Waals surface area contributed by atoms with Crippen LogP contribution in [0.4, 0.5) is 10.8 Å². The number of benzene rings is 1. The Balaban J connectivity index is 1.89. The highest BCUT2D eigenvalue weighted by Gasteiger charge is 2.07. The summed E-state index contributed by atoms with van der Waals surface area (Å²) in [6, 6.07) is 8.19. The minimum absolute atomic E-state index is 0.00797. The molecule has 1 aromatic carbocycles. The number of amides is 1. The van der Waals surface area contributed by atoms with Crippen molar-refractivity contribution in [1.29, 1.82) is 0 Å². The summed E-state index contributed by atoms with van der Waals surface area (Å²) in [5.41, 5.74) is 2.33. The number of carbonyl (C=O) groups excluding carboxylic acids is 1. The highest BCUT2D eigenvalue weighted by atomic mass is 32.2. The Morgan fingerprint density at radius 1 is 1.33 bits per heavy atom. The Hall–Kier alpha value is -1.60. The van der Waals surface area contributed by atoms with Crippen molar-refractivity contribution in [2.24, 2.45) is 0 Å². The number of aryl methyl sites for hydroxylation is 1. The molecule has 1 aromatic heterocycles. The third-order valence-corrected chi connectivity index (χ3v) is 4.72. The van der Waals surface area contributed by atoms with Gasteiger partial charge in [0.15, 0.2) is 4.34 Å². The zero-order valence-electron chi connectivity index (χ0n) is 12.0. The van der Waals surface area contributed by atoms with Crippen LogP contribution < -0.4 is 10.6 Å². The Kier molecular flexibility index (Phi) is 6.01. The number of nitrogens with one attached hydrogen (secondary N) is 2. The summed E-state index contributed by atoms with van der Waals surface area (Å²) in [6.45, 7) is 4.29. The highest BCUT2D eigenvalue weighted by molar-refractivity contribution is 8.01. The predicted octanol–water partition coefficient (Wildman–Crippen LogP) is 3.07. The van der Waals surface area contributed by atoms with Crippen LogP contribution in [0.1, 0.15) is 19.4 Å². The molecule has 0 saturated heterocycles. The van der Waals surface area contributed by atoms with Gasteiger partial charge < -0.3 is 10.6 Å². The summed E-state index contributed by atoms with van der Waals surface area (Å²) in [6.07, 6.45) is 0.973. The van der Waals surface area contributed by atoms with Crippen LogP contribution in [0.3, 0.4) is 0 Å². The van der Waals surface area contributed by atoms with Gasteiger partial charge in [-0.2, -0.15) is 0 Å². The number of thioether (sulfide) groups is 1.